The smallest absolute Gasteiger partial charge is 0.254 e. The number of ether oxygens (including phenoxy) is 1. The second-order valence-electron chi connectivity index (χ2n) is 7.80. The molecule has 1 atom stereocenters. The summed E-state index contributed by atoms with van der Waals surface area (Å²) in [6.45, 7) is 4.02. The number of Topliss-reactive ketones (excluding diaryl/α,β-unsaturated/α-hetero) is 1. The van der Waals surface area contributed by atoms with Crippen molar-refractivity contribution in [1.29, 1.82) is 0 Å². The van der Waals surface area contributed by atoms with Crippen LogP contribution in [0.4, 0.5) is 5.69 Å². The lowest BCUT2D eigenvalue weighted by molar-refractivity contribution is -0.124. The third-order valence-corrected chi connectivity index (χ3v) is 5.81. The van der Waals surface area contributed by atoms with Crippen LogP contribution in [-0.4, -0.2) is 18.8 Å². The molecule has 0 unspecified atom stereocenters. The summed E-state index contributed by atoms with van der Waals surface area (Å²) in [7, 11) is 1.63. The highest BCUT2D eigenvalue weighted by atomic mass is 16.5. The van der Waals surface area contributed by atoms with Gasteiger partial charge in [-0.25, -0.2) is 0 Å². The molecule has 0 spiro atoms. The Bertz CT molecular complexity index is 1170. The summed E-state index contributed by atoms with van der Waals surface area (Å²) >= 11 is 0. The van der Waals surface area contributed by atoms with E-state index >= 15 is 0 Å². The van der Waals surface area contributed by atoms with Gasteiger partial charge >= 0.3 is 0 Å². The number of para-hydroxylation sites is 1. The molecule has 0 bridgehead atoms. The Balaban J connectivity index is 1.80. The van der Waals surface area contributed by atoms with Crippen molar-refractivity contribution in [1.82, 2.24) is 5.32 Å². The number of methoxy groups -OCH3 is 1. The van der Waals surface area contributed by atoms with Crippen LogP contribution < -0.4 is 15.0 Å². The summed E-state index contributed by atoms with van der Waals surface area (Å²) in [6, 6.07) is 24.3. The number of nitrogens with one attached hydrogen (secondary N) is 1. The maximum absolute atomic E-state index is 13.6. The average Bonchev–Trinajstić information content (AvgIpc) is 2.82. The number of ketones is 1. The van der Waals surface area contributed by atoms with E-state index < -0.39 is 6.04 Å². The SMILES string of the molecule is COc1cccc2c1CN(c1ccccc1)C(C)=C2C(=O)N[C@H](C(C)=O)c1ccccc1. The molecule has 32 heavy (non-hydrogen) atoms. The first kappa shape index (κ1) is 21.4. The molecule has 0 aromatic heterocycles. The van der Waals surface area contributed by atoms with Gasteiger partial charge in [-0.1, -0.05) is 60.7 Å². The number of rotatable bonds is 6. The van der Waals surface area contributed by atoms with Crippen molar-refractivity contribution < 1.29 is 14.3 Å². The lowest BCUT2D eigenvalue weighted by Crippen LogP contribution is -2.37. The van der Waals surface area contributed by atoms with E-state index in [9.17, 15) is 9.59 Å². The van der Waals surface area contributed by atoms with E-state index in [4.69, 9.17) is 4.74 Å². The standard InChI is InChI=1S/C27H26N2O3/c1-18-25(27(31)28-26(19(2)30)20-11-6-4-7-12-20)22-15-10-16-24(32-3)23(22)17-29(18)21-13-8-5-9-14-21/h4-16,26H,17H2,1-3H3,(H,28,31)/t26-/m1/s1. The first-order valence-electron chi connectivity index (χ1n) is 10.6. The molecule has 0 aliphatic carbocycles. The van der Waals surface area contributed by atoms with Crippen LogP contribution in [-0.2, 0) is 16.1 Å². The van der Waals surface area contributed by atoms with Gasteiger partial charge in [-0.15, -0.1) is 0 Å². The summed E-state index contributed by atoms with van der Waals surface area (Å²) in [5.41, 5.74) is 4.86. The van der Waals surface area contributed by atoms with E-state index in [1.807, 2.05) is 85.8 Å². The highest BCUT2D eigenvalue weighted by Crippen LogP contribution is 2.39. The third-order valence-electron chi connectivity index (χ3n) is 5.81. The summed E-state index contributed by atoms with van der Waals surface area (Å²) in [6.07, 6.45) is 0. The molecule has 5 nitrogen and oxygen atoms in total. The molecule has 1 amide bonds. The number of carbonyl (C=O) groups excluding carboxylic acids is 2. The van der Waals surface area contributed by atoms with Gasteiger partial charge in [-0.2, -0.15) is 0 Å². The highest BCUT2D eigenvalue weighted by molar-refractivity contribution is 6.22. The highest BCUT2D eigenvalue weighted by Gasteiger charge is 2.31. The Kier molecular flexibility index (Phi) is 6.08. The maximum Gasteiger partial charge on any atom is 0.254 e. The van der Waals surface area contributed by atoms with Gasteiger partial charge in [0.1, 0.15) is 11.8 Å². The number of hydrogen-bond donors (Lipinski definition) is 1. The number of amides is 1. The van der Waals surface area contributed by atoms with E-state index in [1.54, 1.807) is 7.11 Å². The van der Waals surface area contributed by atoms with E-state index in [0.717, 1.165) is 33.8 Å². The van der Waals surface area contributed by atoms with Gasteiger partial charge in [-0.05, 0) is 43.2 Å². The summed E-state index contributed by atoms with van der Waals surface area (Å²) in [5, 5.41) is 2.97. The number of nitrogens with zero attached hydrogens (tertiary/aromatic N) is 1. The normalized spacial score (nSPS) is 13.9. The minimum Gasteiger partial charge on any atom is -0.496 e. The Morgan fingerprint density at radius 3 is 2.22 bits per heavy atom. The number of anilines is 1. The van der Waals surface area contributed by atoms with Crippen LogP contribution in [0.5, 0.6) is 5.75 Å². The quantitative estimate of drug-likeness (QED) is 0.610. The fraction of sp³-hybridized carbons (Fsp3) is 0.185. The second kappa shape index (κ2) is 9.10. The van der Waals surface area contributed by atoms with Crippen molar-refractivity contribution >= 4 is 23.0 Å². The van der Waals surface area contributed by atoms with Crippen molar-refractivity contribution in [2.45, 2.75) is 26.4 Å². The molecule has 0 fully saturated rings. The van der Waals surface area contributed by atoms with Crippen molar-refractivity contribution in [2.75, 3.05) is 12.0 Å². The first-order chi connectivity index (χ1) is 15.5. The van der Waals surface area contributed by atoms with Gasteiger partial charge in [-0.3, -0.25) is 9.59 Å². The lowest BCUT2D eigenvalue weighted by Gasteiger charge is -2.34. The molecule has 1 heterocycles. The van der Waals surface area contributed by atoms with E-state index in [2.05, 4.69) is 10.2 Å². The van der Waals surface area contributed by atoms with Crippen LogP contribution in [0.2, 0.25) is 0 Å². The topological polar surface area (TPSA) is 58.6 Å². The first-order valence-corrected chi connectivity index (χ1v) is 10.6. The van der Waals surface area contributed by atoms with Crippen LogP contribution in [0, 0.1) is 0 Å². The molecule has 3 aromatic rings. The molecule has 1 aliphatic rings. The van der Waals surface area contributed by atoms with Crippen molar-refractivity contribution in [2.24, 2.45) is 0 Å². The average molecular weight is 427 g/mol. The molecule has 3 aromatic carbocycles. The number of benzene rings is 3. The van der Waals surface area contributed by atoms with Crippen molar-refractivity contribution in [3.05, 3.63) is 101 Å². The lowest BCUT2D eigenvalue weighted by atomic mass is 9.91. The monoisotopic (exact) mass is 426 g/mol. The number of allylic oxidation sites excluding steroid dienone is 1. The van der Waals surface area contributed by atoms with Crippen LogP contribution in [0.3, 0.4) is 0 Å². The van der Waals surface area contributed by atoms with Crippen molar-refractivity contribution in [3.63, 3.8) is 0 Å². The van der Waals surface area contributed by atoms with E-state index in [1.165, 1.54) is 6.92 Å². The minimum absolute atomic E-state index is 0.121. The van der Waals surface area contributed by atoms with Gasteiger partial charge < -0.3 is 15.0 Å². The zero-order valence-corrected chi connectivity index (χ0v) is 18.5. The molecule has 0 radical (unpaired) electrons. The van der Waals surface area contributed by atoms with Crippen molar-refractivity contribution in [3.8, 4) is 5.75 Å². The van der Waals surface area contributed by atoms with Gasteiger partial charge in [0.15, 0.2) is 5.78 Å². The Morgan fingerprint density at radius 2 is 1.59 bits per heavy atom. The zero-order chi connectivity index (χ0) is 22.7. The maximum atomic E-state index is 13.6. The van der Waals surface area contributed by atoms with E-state index in [-0.39, 0.29) is 11.7 Å². The number of hydrogen-bond acceptors (Lipinski definition) is 4. The number of fused-ring (bicyclic) bond motifs is 1. The fourth-order valence-corrected chi connectivity index (χ4v) is 4.21. The predicted molar refractivity (Wildman–Crippen MR) is 126 cm³/mol. The molecule has 162 valence electrons. The Morgan fingerprint density at radius 1 is 0.938 bits per heavy atom. The van der Waals surface area contributed by atoms with Crippen LogP contribution in [0.25, 0.3) is 5.57 Å². The van der Waals surface area contributed by atoms with Gasteiger partial charge in [0.2, 0.25) is 0 Å². The molecule has 0 saturated heterocycles. The second-order valence-corrected chi connectivity index (χ2v) is 7.80. The molecule has 1 N–H and O–H groups in total. The van der Waals surface area contributed by atoms with Crippen LogP contribution in [0.15, 0.2) is 84.6 Å². The van der Waals surface area contributed by atoms with Crippen LogP contribution >= 0.6 is 0 Å². The molecule has 1 aliphatic heterocycles. The Labute approximate surface area is 188 Å². The molecule has 4 rings (SSSR count). The third kappa shape index (κ3) is 4.02. The largest absolute Gasteiger partial charge is 0.496 e. The zero-order valence-electron chi connectivity index (χ0n) is 18.5. The Hall–Kier alpha value is -3.86. The molecule has 0 saturated carbocycles. The minimum atomic E-state index is -0.717. The summed E-state index contributed by atoms with van der Waals surface area (Å²) < 4.78 is 5.61. The summed E-state index contributed by atoms with van der Waals surface area (Å²) in [4.78, 5) is 28.2. The predicted octanol–water partition coefficient (Wildman–Crippen LogP) is 4.89. The molecular formula is C27H26N2O3. The van der Waals surface area contributed by atoms with Gasteiger partial charge in [0.25, 0.3) is 5.91 Å². The van der Waals surface area contributed by atoms with E-state index in [0.29, 0.717) is 12.1 Å². The molecular weight excluding hydrogens is 400 g/mol. The summed E-state index contributed by atoms with van der Waals surface area (Å²) in [5.74, 6) is 0.318. The van der Waals surface area contributed by atoms with Crippen LogP contribution in [0.1, 0.15) is 36.6 Å². The fourth-order valence-electron chi connectivity index (χ4n) is 4.21. The number of carbonyl (C=O) groups is 2. The van der Waals surface area contributed by atoms with Gasteiger partial charge in [0.05, 0.1) is 19.2 Å². The molecule has 5 heteroatoms. The van der Waals surface area contributed by atoms with Gasteiger partial charge in [0, 0.05) is 16.9 Å².